The topological polar surface area (TPSA) is 101 Å². The first-order chi connectivity index (χ1) is 15.7. The summed E-state index contributed by atoms with van der Waals surface area (Å²) in [5.74, 6) is 1.36. The van der Waals surface area contributed by atoms with Crippen molar-refractivity contribution in [1.29, 1.82) is 0 Å². The van der Waals surface area contributed by atoms with Crippen molar-refractivity contribution < 1.29 is 22.4 Å². The van der Waals surface area contributed by atoms with E-state index in [0.717, 1.165) is 30.2 Å². The third kappa shape index (κ3) is 7.14. The number of nitrogens with one attached hydrogen (secondary N) is 2. The van der Waals surface area contributed by atoms with Crippen LogP contribution >= 0.6 is 0 Å². The maximum Gasteiger partial charge on any atom is 0.241 e. The lowest BCUT2D eigenvalue weighted by molar-refractivity contribution is -0.123. The van der Waals surface area contributed by atoms with Crippen molar-refractivity contribution in [3.05, 3.63) is 53.5 Å². The lowest BCUT2D eigenvalue weighted by Gasteiger charge is -2.33. The molecule has 3 rings (SSSR count). The van der Waals surface area contributed by atoms with E-state index in [1.54, 1.807) is 24.3 Å². The number of hydrogen-bond acceptors (Lipinski definition) is 6. The van der Waals surface area contributed by atoms with Gasteiger partial charge in [-0.25, -0.2) is 8.42 Å². The predicted molar refractivity (Wildman–Crippen MR) is 126 cm³/mol. The van der Waals surface area contributed by atoms with Gasteiger partial charge in [0, 0.05) is 19.6 Å². The number of carbonyl (C=O) groups is 1. The molecule has 1 amide bonds. The summed E-state index contributed by atoms with van der Waals surface area (Å²) >= 11 is 0. The fourth-order valence-electron chi connectivity index (χ4n) is 3.90. The average molecular weight is 478 g/mol. The summed E-state index contributed by atoms with van der Waals surface area (Å²) in [6.07, 6.45) is 0.388. The van der Waals surface area contributed by atoms with Gasteiger partial charge in [-0.1, -0.05) is 31.5 Å². The van der Waals surface area contributed by atoms with Crippen LogP contribution in [0.1, 0.15) is 43.4 Å². The van der Waals surface area contributed by atoms with Crippen molar-refractivity contribution in [3.63, 3.8) is 0 Å². The molecule has 2 aromatic rings. The van der Waals surface area contributed by atoms with Crippen LogP contribution in [-0.4, -0.2) is 58.1 Å². The summed E-state index contributed by atoms with van der Waals surface area (Å²) in [4.78, 5) is 15.5. The Bertz CT molecular complexity index is 1010. The van der Waals surface area contributed by atoms with Gasteiger partial charge in [0.2, 0.25) is 15.9 Å². The van der Waals surface area contributed by atoms with Crippen LogP contribution in [0.4, 0.5) is 0 Å². The number of hydrogen-bond donors (Lipinski definition) is 2. The van der Waals surface area contributed by atoms with Crippen LogP contribution in [-0.2, 0) is 19.6 Å². The number of aryl methyl sites for hydroxylation is 2. The van der Waals surface area contributed by atoms with E-state index >= 15 is 0 Å². The van der Waals surface area contributed by atoms with Gasteiger partial charge >= 0.3 is 0 Å². The second-order valence-corrected chi connectivity index (χ2v) is 10.7. The molecule has 33 heavy (non-hydrogen) atoms. The molecule has 0 spiro atoms. The molecule has 0 aliphatic carbocycles. The molecule has 2 heterocycles. The van der Waals surface area contributed by atoms with Gasteiger partial charge in [0.25, 0.3) is 0 Å². The van der Waals surface area contributed by atoms with Crippen molar-refractivity contribution in [2.45, 2.75) is 51.1 Å². The highest BCUT2D eigenvalue weighted by Gasteiger charge is 2.30. The van der Waals surface area contributed by atoms with E-state index in [9.17, 15) is 13.2 Å². The summed E-state index contributed by atoms with van der Waals surface area (Å²) in [5.41, 5.74) is 0.966. The molecule has 8 nitrogen and oxygen atoms in total. The van der Waals surface area contributed by atoms with Crippen LogP contribution in [0, 0.1) is 19.8 Å². The fraction of sp³-hybridized carbons (Fsp3) is 0.542. The Morgan fingerprint density at radius 1 is 1.06 bits per heavy atom. The lowest BCUT2D eigenvalue weighted by atomic mass is 10.0. The Labute approximate surface area is 196 Å². The van der Waals surface area contributed by atoms with E-state index in [0.29, 0.717) is 26.2 Å². The molecule has 2 atom stereocenters. The van der Waals surface area contributed by atoms with Crippen LogP contribution in [0.3, 0.4) is 0 Å². The average Bonchev–Trinajstić information content (AvgIpc) is 3.20. The number of ether oxygens (including phenoxy) is 1. The Balaban J connectivity index is 1.73. The molecular weight excluding hydrogens is 442 g/mol. The van der Waals surface area contributed by atoms with Crippen molar-refractivity contribution >= 4 is 15.9 Å². The van der Waals surface area contributed by atoms with Crippen molar-refractivity contribution in [2.75, 3.05) is 32.8 Å². The summed E-state index contributed by atoms with van der Waals surface area (Å²) in [7, 11) is -3.83. The standard InChI is InChI=1S/C24H35N3O5S/c1-17(2)15-21(26-33(29,30)20-8-5-18(3)6-9-20)24(28)25-16-22(23-10-7-19(4)32-23)27-11-13-31-14-12-27/h5-10,17,21-22,26H,11-16H2,1-4H3,(H,25,28). The number of rotatable bonds is 10. The van der Waals surface area contributed by atoms with Gasteiger partial charge in [0.05, 0.1) is 24.2 Å². The van der Waals surface area contributed by atoms with Gasteiger partial charge < -0.3 is 14.5 Å². The van der Waals surface area contributed by atoms with Crippen LogP contribution < -0.4 is 10.0 Å². The summed E-state index contributed by atoms with van der Waals surface area (Å²) in [6.45, 7) is 10.7. The molecule has 1 fully saturated rings. The predicted octanol–water partition coefficient (Wildman–Crippen LogP) is 2.78. The van der Waals surface area contributed by atoms with E-state index in [-0.39, 0.29) is 22.8 Å². The van der Waals surface area contributed by atoms with Crippen LogP contribution in [0.2, 0.25) is 0 Å². The summed E-state index contributed by atoms with van der Waals surface area (Å²) in [5, 5.41) is 2.97. The van der Waals surface area contributed by atoms with Gasteiger partial charge in [0.15, 0.2) is 0 Å². The molecule has 9 heteroatoms. The Morgan fingerprint density at radius 2 is 1.73 bits per heavy atom. The molecule has 2 N–H and O–H groups in total. The van der Waals surface area contributed by atoms with E-state index < -0.39 is 16.1 Å². The Kier molecular flexibility index (Phi) is 8.69. The first-order valence-electron chi connectivity index (χ1n) is 11.4. The second kappa shape index (κ2) is 11.3. The molecule has 0 saturated carbocycles. The first-order valence-corrected chi connectivity index (χ1v) is 12.9. The van der Waals surface area contributed by atoms with Gasteiger partial charge in [-0.2, -0.15) is 4.72 Å². The van der Waals surface area contributed by atoms with E-state index in [1.165, 1.54) is 0 Å². The minimum Gasteiger partial charge on any atom is -0.465 e. The molecule has 1 aliphatic heterocycles. The molecule has 1 aliphatic rings. The maximum absolute atomic E-state index is 13.2. The molecule has 1 saturated heterocycles. The van der Waals surface area contributed by atoms with Gasteiger partial charge in [-0.3, -0.25) is 9.69 Å². The highest BCUT2D eigenvalue weighted by Crippen LogP contribution is 2.23. The molecule has 1 aromatic carbocycles. The Hall–Kier alpha value is -2.20. The zero-order chi connectivity index (χ0) is 24.0. The maximum atomic E-state index is 13.2. The third-order valence-corrected chi connectivity index (χ3v) is 7.19. The van der Waals surface area contributed by atoms with Crippen LogP contribution in [0.25, 0.3) is 0 Å². The largest absolute Gasteiger partial charge is 0.465 e. The van der Waals surface area contributed by atoms with E-state index in [4.69, 9.17) is 9.15 Å². The fourth-order valence-corrected chi connectivity index (χ4v) is 5.11. The van der Waals surface area contributed by atoms with Gasteiger partial charge in [-0.05, 0) is 50.5 Å². The van der Waals surface area contributed by atoms with Crippen molar-refractivity contribution in [1.82, 2.24) is 14.9 Å². The van der Waals surface area contributed by atoms with E-state index in [2.05, 4.69) is 14.9 Å². The smallest absolute Gasteiger partial charge is 0.241 e. The number of sulfonamides is 1. The third-order valence-electron chi connectivity index (χ3n) is 5.70. The van der Waals surface area contributed by atoms with Crippen LogP contribution in [0.5, 0.6) is 0 Å². The molecule has 0 bridgehead atoms. The lowest BCUT2D eigenvalue weighted by Crippen LogP contribution is -2.50. The monoisotopic (exact) mass is 477 g/mol. The minimum atomic E-state index is -3.83. The quantitative estimate of drug-likeness (QED) is 0.546. The zero-order valence-electron chi connectivity index (χ0n) is 19.8. The SMILES string of the molecule is Cc1ccc(S(=O)(=O)NC(CC(C)C)C(=O)NCC(c2ccc(C)o2)N2CCOCC2)cc1. The Morgan fingerprint density at radius 3 is 2.30 bits per heavy atom. The number of nitrogens with zero attached hydrogens (tertiary/aromatic N) is 1. The molecule has 1 aromatic heterocycles. The van der Waals surface area contributed by atoms with E-state index in [1.807, 2.05) is 39.8 Å². The normalized spacial score (nSPS) is 17.1. The number of benzene rings is 1. The first kappa shape index (κ1) is 25.4. The highest BCUT2D eigenvalue weighted by molar-refractivity contribution is 7.89. The molecule has 0 radical (unpaired) electrons. The van der Waals surface area contributed by atoms with Gasteiger partial charge in [-0.15, -0.1) is 0 Å². The van der Waals surface area contributed by atoms with Crippen molar-refractivity contribution in [3.8, 4) is 0 Å². The second-order valence-electron chi connectivity index (χ2n) is 8.97. The minimum absolute atomic E-state index is 0.129. The molecular formula is C24H35N3O5S. The van der Waals surface area contributed by atoms with Gasteiger partial charge in [0.1, 0.15) is 17.6 Å². The summed E-state index contributed by atoms with van der Waals surface area (Å²) in [6, 6.07) is 9.38. The highest BCUT2D eigenvalue weighted by atomic mass is 32.2. The van der Waals surface area contributed by atoms with Crippen molar-refractivity contribution in [2.24, 2.45) is 5.92 Å². The number of morpholine rings is 1. The van der Waals surface area contributed by atoms with Crippen LogP contribution in [0.15, 0.2) is 45.7 Å². The summed E-state index contributed by atoms with van der Waals surface area (Å²) < 4.78 is 39.8. The molecule has 182 valence electrons. The number of carbonyl (C=O) groups excluding carboxylic acids is 1. The number of furan rings is 1. The number of amides is 1. The zero-order valence-corrected chi connectivity index (χ0v) is 20.7. The molecule has 2 unspecified atom stereocenters.